The summed E-state index contributed by atoms with van der Waals surface area (Å²) in [4.78, 5) is 11.2. The normalized spacial score (nSPS) is 11.8. The fraction of sp³-hybridized carbons (Fsp3) is 0.889. The van der Waals surface area contributed by atoms with Crippen LogP contribution in [0, 0.1) is 11.3 Å². The van der Waals surface area contributed by atoms with E-state index in [0.29, 0.717) is 12.4 Å². The van der Waals surface area contributed by atoms with E-state index in [2.05, 4.69) is 5.32 Å². The van der Waals surface area contributed by atoms with Crippen molar-refractivity contribution in [1.82, 2.24) is 5.32 Å². The van der Waals surface area contributed by atoms with Gasteiger partial charge in [0.2, 0.25) is 5.91 Å². The van der Waals surface area contributed by atoms with Gasteiger partial charge in [-0.25, -0.2) is 0 Å². The van der Waals surface area contributed by atoms with Crippen molar-refractivity contribution in [2.45, 2.75) is 27.7 Å². The summed E-state index contributed by atoms with van der Waals surface area (Å²) in [7, 11) is 0. The van der Waals surface area contributed by atoms with Crippen LogP contribution in [0.1, 0.15) is 27.7 Å². The molecule has 1 N–H and O–H groups in total. The van der Waals surface area contributed by atoms with Crippen LogP contribution in [-0.4, -0.2) is 18.3 Å². The zero-order valence-corrected chi connectivity index (χ0v) is 9.03. The fourth-order valence-corrected chi connectivity index (χ4v) is 0.672. The second kappa shape index (κ2) is 4.70. The van der Waals surface area contributed by atoms with Gasteiger partial charge in [-0.3, -0.25) is 4.79 Å². The van der Waals surface area contributed by atoms with E-state index in [4.69, 9.17) is 11.6 Å². The van der Waals surface area contributed by atoms with E-state index in [1.807, 2.05) is 27.7 Å². The molecular formula is C9H18ClNO. The molecule has 0 rings (SSSR count). The zero-order valence-electron chi connectivity index (χ0n) is 8.28. The molecule has 0 aromatic heterocycles. The van der Waals surface area contributed by atoms with E-state index in [1.54, 1.807) is 0 Å². The molecule has 72 valence electrons. The van der Waals surface area contributed by atoms with Gasteiger partial charge in [0.15, 0.2) is 0 Å². The molecule has 0 bridgehead atoms. The van der Waals surface area contributed by atoms with Crippen LogP contribution in [0.5, 0.6) is 0 Å². The van der Waals surface area contributed by atoms with Crippen LogP contribution in [0.15, 0.2) is 0 Å². The summed E-state index contributed by atoms with van der Waals surface area (Å²) in [6.07, 6.45) is 0. The molecule has 3 heteroatoms. The molecule has 0 spiro atoms. The average Bonchev–Trinajstić information content (AvgIpc) is 2.00. The first-order chi connectivity index (χ1) is 5.39. The molecule has 2 nitrogen and oxygen atoms in total. The summed E-state index contributed by atoms with van der Waals surface area (Å²) < 4.78 is 0. The Labute approximate surface area is 79.7 Å². The van der Waals surface area contributed by atoms with E-state index in [-0.39, 0.29) is 17.2 Å². The van der Waals surface area contributed by atoms with Gasteiger partial charge in [-0.2, -0.15) is 0 Å². The molecule has 0 aromatic carbocycles. The van der Waals surface area contributed by atoms with Gasteiger partial charge < -0.3 is 5.32 Å². The van der Waals surface area contributed by atoms with E-state index in [0.717, 1.165) is 0 Å². The zero-order chi connectivity index (χ0) is 9.78. The van der Waals surface area contributed by atoms with Crippen LogP contribution in [-0.2, 0) is 4.79 Å². The predicted octanol–water partition coefficient (Wildman–Crippen LogP) is 2.02. The smallest absolute Gasteiger partial charge is 0.222 e. The fourth-order valence-electron chi connectivity index (χ4n) is 0.578. The van der Waals surface area contributed by atoms with Crippen LogP contribution in [0.2, 0.25) is 0 Å². The van der Waals surface area contributed by atoms with Crippen molar-refractivity contribution in [2.24, 2.45) is 11.3 Å². The first kappa shape index (κ1) is 11.8. The van der Waals surface area contributed by atoms with Crippen molar-refractivity contribution in [3.8, 4) is 0 Å². The number of carbonyl (C=O) groups is 1. The van der Waals surface area contributed by atoms with Crippen molar-refractivity contribution >= 4 is 17.5 Å². The molecule has 0 unspecified atom stereocenters. The van der Waals surface area contributed by atoms with E-state index < -0.39 is 0 Å². The van der Waals surface area contributed by atoms with Gasteiger partial charge in [-0.05, 0) is 5.41 Å². The highest BCUT2D eigenvalue weighted by molar-refractivity contribution is 6.18. The lowest BCUT2D eigenvalue weighted by Crippen LogP contribution is -2.37. The Hall–Kier alpha value is -0.240. The van der Waals surface area contributed by atoms with E-state index in [1.165, 1.54) is 0 Å². The number of rotatable bonds is 4. The van der Waals surface area contributed by atoms with Crippen molar-refractivity contribution in [1.29, 1.82) is 0 Å². The summed E-state index contributed by atoms with van der Waals surface area (Å²) in [6, 6.07) is 0. The molecule has 0 fully saturated rings. The standard InChI is InChI=1S/C9H18ClNO/c1-7(2)8(12)11-6-9(3,4)5-10/h7H,5-6H2,1-4H3,(H,11,12). The number of halogens is 1. The molecule has 0 saturated carbocycles. The number of hydrogen-bond donors (Lipinski definition) is 1. The lowest BCUT2D eigenvalue weighted by atomic mass is 9.96. The van der Waals surface area contributed by atoms with Crippen molar-refractivity contribution < 1.29 is 4.79 Å². The lowest BCUT2D eigenvalue weighted by Gasteiger charge is -2.22. The average molecular weight is 192 g/mol. The Morgan fingerprint density at radius 1 is 1.50 bits per heavy atom. The number of nitrogens with one attached hydrogen (secondary N) is 1. The summed E-state index contributed by atoms with van der Waals surface area (Å²) in [5.74, 6) is 0.704. The van der Waals surface area contributed by atoms with Crippen LogP contribution >= 0.6 is 11.6 Å². The molecule has 0 heterocycles. The highest BCUT2D eigenvalue weighted by atomic mass is 35.5. The molecule has 0 aliphatic rings. The number of carbonyl (C=O) groups excluding carboxylic acids is 1. The van der Waals surface area contributed by atoms with Crippen molar-refractivity contribution in [3.63, 3.8) is 0 Å². The minimum absolute atomic E-state index is 0.00783. The summed E-state index contributed by atoms with van der Waals surface area (Å²) in [5, 5.41) is 2.85. The Morgan fingerprint density at radius 3 is 2.33 bits per heavy atom. The number of hydrogen-bond acceptors (Lipinski definition) is 1. The van der Waals surface area contributed by atoms with Gasteiger partial charge in [0.05, 0.1) is 0 Å². The lowest BCUT2D eigenvalue weighted by molar-refractivity contribution is -0.124. The van der Waals surface area contributed by atoms with Crippen LogP contribution in [0.25, 0.3) is 0 Å². The summed E-state index contributed by atoms with van der Waals surface area (Å²) >= 11 is 5.70. The van der Waals surface area contributed by atoms with Crippen LogP contribution in [0.3, 0.4) is 0 Å². The SMILES string of the molecule is CC(C)C(=O)NCC(C)(C)CCl. The Bertz CT molecular complexity index is 155. The summed E-state index contributed by atoms with van der Waals surface area (Å²) in [5.41, 5.74) is -0.00783. The minimum Gasteiger partial charge on any atom is -0.355 e. The van der Waals surface area contributed by atoms with Crippen LogP contribution < -0.4 is 5.32 Å². The van der Waals surface area contributed by atoms with Crippen LogP contribution in [0.4, 0.5) is 0 Å². The first-order valence-electron chi connectivity index (χ1n) is 4.23. The van der Waals surface area contributed by atoms with Crippen molar-refractivity contribution in [3.05, 3.63) is 0 Å². The molecular weight excluding hydrogens is 174 g/mol. The van der Waals surface area contributed by atoms with E-state index >= 15 is 0 Å². The van der Waals surface area contributed by atoms with Gasteiger partial charge in [-0.15, -0.1) is 11.6 Å². The molecule has 0 aliphatic carbocycles. The van der Waals surface area contributed by atoms with Gasteiger partial charge in [0.25, 0.3) is 0 Å². The number of alkyl halides is 1. The predicted molar refractivity (Wildman–Crippen MR) is 52.3 cm³/mol. The van der Waals surface area contributed by atoms with Gasteiger partial charge in [0.1, 0.15) is 0 Å². The molecule has 0 aromatic rings. The van der Waals surface area contributed by atoms with E-state index in [9.17, 15) is 4.79 Å². The molecule has 0 aliphatic heterocycles. The second-order valence-electron chi connectivity index (χ2n) is 4.17. The number of amides is 1. The quantitative estimate of drug-likeness (QED) is 0.677. The Kier molecular flexibility index (Phi) is 4.61. The van der Waals surface area contributed by atoms with Gasteiger partial charge >= 0.3 is 0 Å². The molecule has 0 atom stereocenters. The molecule has 1 amide bonds. The summed E-state index contributed by atoms with van der Waals surface area (Å²) in [6.45, 7) is 8.46. The molecule has 12 heavy (non-hydrogen) atoms. The monoisotopic (exact) mass is 191 g/mol. The Balaban J connectivity index is 3.76. The molecule has 0 radical (unpaired) electrons. The third-order valence-corrected chi connectivity index (χ3v) is 2.35. The maximum Gasteiger partial charge on any atom is 0.222 e. The van der Waals surface area contributed by atoms with Gasteiger partial charge in [0, 0.05) is 18.3 Å². The molecule has 0 saturated heterocycles. The third-order valence-electron chi connectivity index (χ3n) is 1.63. The topological polar surface area (TPSA) is 29.1 Å². The van der Waals surface area contributed by atoms with Gasteiger partial charge in [-0.1, -0.05) is 27.7 Å². The first-order valence-corrected chi connectivity index (χ1v) is 4.76. The largest absolute Gasteiger partial charge is 0.355 e. The second-order valence-corrected chi connectivity index (χ2v) is 4.44. The Morgan fingerprint density at radius 2 is 2.00 bits per heavy atom. The highest BCUT2D eigenvalue weighted by Gasteiger charge is 2.17. The third kappa shape index (κ3) is 4.60. The van der Waals surface area contributed by atoms with Crippen molar-refractivity contribution in [2.75, 3.05) is 12.4 Å². The highest BCUT2D eigenvalue weighted by Crippen LogP contribution is 2.15. The maximum atomic E-state index is 11.2. The minimum atomic E-state index is -0.00783. The maximum absolute atomic E-state index is 11.2.